The van der Waals surface area contributed by atoms with Crippen LogP contribution in [0.3, 0.4) is 0 Å². The maximum absolute atomic E-state index is 12.9. The van der Waals surface area contributed by atoms with Crippen LogP contribution in [0.5, 0.6) is 11.5 Å². The lowest BCUT2D eigenvalue weighted by Gasteiger charge is -2.16. The summed E-state index contributed by atoms with van der Waals surface area (Å²) in [5.74, 6) is 1.44. The van der Waals surface area contributed by atoms with Crippen molar-refractivity contribution in [1.82, 2.24) is 14.9 Å². The predicted molar refractivity (Wildman–Crippen MR) is 136 cm³/mol. The normalized spacial score (nSPS) is 14.8. The first-order valence-electron chi connectivity index (χ1n) is 11.8. The number of ether oxygens (including phenoxy) is 1. The second kappa shape index (κ2) is 9.71. The summed E-state index contributed by atoms with van der Waals surface area (Å²) in [5, 5.41) is 18.0. The van der Waals surface area contributed by atoms with Gasteiger partial charge in [-0.3, -0.25) is 5.10 Å². The van der Waals surface area contributed by atoms with E-state index in [9.17, 15) is 13.5 Å². The number of nitrogens with one attached hydrogen (secondary N) is 2. The van der Waals surface area contributed by atoms with Crippen LogP contribution in [0.15, 0.2) is 66.7 Å². The molecule has 1 saturated carbocycles. The van der Waals surface area contributed by atoms with Crippen LogP contribution >= 0.6 is 0 Å². The fourth-order valence-corrected chi connectivity index (χ4v) is 5.59. The Morgan fingerprint density at radius 1 is 1.09 bits per heavy atom. The molecule has 8 heteroatoms. The lowest BCUT2D eigenvalue weighted by molar-refractivity contribution is 0.299. The Bertz CT molecular complexity index is 1440. The van der Waals surface area contributed by atoms with Crippen molar-refractivity contribution in [3.8, 4) is 11.5 Å². The maximum Gasteiger partial charge on any atom is 0.216 e. The molecule has 0 spiro atoms. The SMILES string of the molecule is CC(NS(=O)(=O)Cc1cccc(Cc2[nH]nc3c(O)cccc23)c1)c1cccc(OCC2CC2)c1. The minimum Gasteiger partial charge on any atom is -0.506 e. The minimum absolute atomic E-state index is 0.117. The molecule has 3 aromatic carbocycles. The molecule has 0 amide bonds. The number of aromatic nitrogens is 2. The number of rotatable bonds is 10. The van der Waals surface area contributed by atoms with Crippen LogP contribution in [0, 0.1) is 5.92 Å². The van der Waals surface area contributed by atoms with E-state index < -0.39 is 10.0 Å². The predicted octanol–water partition coefficient (Wildman–Crippen LogP) is 4.83. The van der Waals surface area contributed by atoms with Gasteiger partial charge < -0.3 is 9.84 Å². The molecular weight excluding hydrogens is 462 g/mol. The van der Waals surface area contributed by atoms with Crippen molar-refractivity contribution in [2.45, 2.75) is 38.0 Å². The smallest absolute Gasteiger partial charge is 0.216 e. The highest BCUT2D eigenvalue weighted by molar-refractivity contribution is 7.88. The van der Waals surface area contributed by atoms with Gasteiger partial charge in [0.1, 0.15) is 17.0 Å². The molecule has 1 fully saturated rings. The zero-order valence-electron chi connectivity index (χ0n) is 19.6. The Balaban J connectivity index is 1.25. The van der Waals surface area contributed by atoms with Gasteiger partial charge in [-0.15, -0.1) is 0 Å². The highest BCUT2D eigenvalue weighted by Gasteiger charge is 2.22. The van der Waals surface area contributed by atoms with E-state index in [-0.39, 0.29) is 17.5 Å². The third-order valence-electron chi connectivity index (χ3n) is 6.27. The van der Waals surface area contributed by atoms with E-state index in [2.05, 4.69) is 14.9 Å². The van der Waals surface area contributed by atoms with Crippen LogP contribution in [0.25, 0.3) is 10.9 Å². The van der Waals surface area contributed by atoms with E-state index in [1.54, 1.807) is 12.1 Å². The van der Waals surface area contributed by atoms with Gasteiger partial charge in [-0.1, -0.05) is 48.5 Å². The van der Waals surface area contributed by atoms with E-state index in [0.29, 0.717) is 23.4 Å². The second-order valence-electron chi connectivity index (χ2n) is 9.30. The van der Waals surface area contributed by atoms with Crippen LogP contribution in [0.2, 0.25) is 0 Å². The fourth-order valence-electron chi connectivity index (χ4n) is 4.21. The molecule has 1 atom stereocenters. The van der Waals surface area contributed by atoms with Gasteiger partial charge in [0.2, 0.25) is 10.0 Å². The molecule has 7 nitrogen and oxygen atoms in total. The van der Waals surface area contributed by atoms with Crippen molar-refractivity contribution in [2.75, 3.05) is 6.61 Å². The number of phenols is 1. The first kappa shape index (κ1) is 23.4. The third kappa shape index (κ3) is 5.83. The summed E-state index contributed by atoms with van der Waals surface area (Å²) >= 11 is 0. The molecule has 1 aliphatic rings. The van der Waals surface area contributed by atoms with Crippen LogP contribution in [-0.2, 0) is 22.2 Å². The van der Waals surface area contributed by atoms with Gasteiger partial charge in [0.25, 0.3) is 0 Å². The molecule has 0 aliphatic heterocycles. The van der Waals surface area contributed by atoms with Crippen LogP contribution < -0.4 is 9.46 Å². The summed E-state index contributed by atoms with van der Waals surface area (Å²) in [7, 11) is -3.57. The number of phenolic OH excluding ortho intramolecular Hbond substituents is 1. The first-order valence-corrected chi connectivity index (χ1v) is 13.5. The van der Waals surface area contributed by atoms with Crippen LogP contribution in [-0.4, -0.2) is 30.3 Å². The number of hydrogen-bond acceptors (Lipinski definition) is 5. The zero-order chi connectivity index (χ0) is 24.4. The van der Waals surface area contributed by atoms with Gasteiger partial charge in [-0.2, -0.15) is 5.10 Å². The summed E-state index contributed by atoms with van der Waals surface area (Å²) in [6.07, 6.45) is 2.99. The molecule has 1 aliphatic carbocycles. The molecule has 182 valence electrons. The highest BCUT2D eigenvalue weighted by atomic mass is 32.2. The molecule has 1 aromatic heterocycles. The number of H-pyrrole nitrogens is 1. The van der Waals surface area contributed by atoms with E-state index >= 15 is 0 Å². The molecule has 1 heterocycles. The zero-order valence-corrected chi connectivity index (χ0v) is 20.4. The van der Waals surface area contributed by atoms with Crippen molar-refractivity contribution in [2.24, 2.45) is 5.92 Å². The van der Waals surface area contributed by atoms with Crippen molar-refractivity contribution >= 4 is 20.9 Å². The lowest BCUT2D eigenvalue weighted by atomic mass is 10.0. The van der Waals surface area contributed by atoms with E-state index in [1.807, 2.05) is 61.5 Å². The van der Waals surface area contributed by atoms with Gasteiger partial charge in [-0.05, 0) is 60.6 Å². The quantitative estimate of drug-likeness (QED) is 0.295. The van der Waals surface area contributed by atoms with E-state index in [1.165, 1.54) is 12.8 Å². The summed E-state index contributed by atoms with van der Waals surface area (Å²) in [6, 6.07) is 20.0. The van der Waals surface area contributed by atoms with Gasteiger partial charge in [-0.25, -0.2) is 13.1 Å². The van der Waals surface area contributed by atoms with Crippen molar-refractivity contribution in [3.63, 3.8) is 0 Å². The molecule has 0 bridgehead atoms. The Morgan fingerprint density at radius 2 is 1.86 bits per heavy atom. The van der Waals surface area contributed by atoms with Crippen molar-refractivity contribution < 1.29 is 18.3 Å². The number of nitrogens with zero attached hydrogens (tertiary/aromatic N) is 1. The number of benzene rings is 3. The van der Waals surface area contributed by atoms with Gasteiger partial charge >= 0.3 is 0 Å². The average molecular weight is 492 g/mol. The summed E-state index contributed by atoms with van der Waals surface area (Å²) in [6.45, 7) is 2.56. The summed E-state index contributed by atoms with van der Waals surface area (Å²) in [5.41, 5.74) is 3.92. The Hall–Kier alpha value is -3.36. The molecule has 0 radical (unpaired) electrons. The Kier molecular flexibility index (Phi) is 6.49. The summed E-state index contributed by atoms with van der Waals surface area (Å²) in [4.78, 5) is 0. The molecule has 3 N–H and O–H groups in total. The molecule has 4 aromatic rings. The highest BCUT2D eigenvalue weighted by Crippen LogP contribution is 2.30. The topological polar surface area (TPSA) is 104 Å². The molecule has 35 heavy (non-hydrogen) atoms. The van der Waals surface area contributed by atoms with E-state index in [0.717, 1.165) is 34.6 Å². The lowest BCUT2D eigenvalue weighted by Crippen LogP contribution is -2.28. The standard InChI is InChI=1S/C27H29N3O4S/c1-18(22-7-3-8-23(15-22)34-16-19-11-12-19)30-35(32,33)17-21-6-2-5-20(13-21)14-25-24-9-4-10-26(31)27(24)29-28-25/h2-10,13,15,18-19,30-31H,11-12,14,16-17H2,1H3,(H,28,29). The van der Waals surface area contributed by atoms with Gasteiger partial charge in [0.15, 0.2) is 0 Å². The number of fused-ring (bicyclic) bond motifs is 1. The van der Waals surface area contributed by atoms with Gasteiger partial charge in [0, 0.05) is 23.5 Å². The number of para-hydroxylation sites is 1. The maximum atomic E-state index is 12.9. The monoisotopic (exact) mass is 491 g/mol. The largest absolute Gasteiger partial charge is 0.506 e. The Labute approximate surface area is 205 Å². The molecule has 0 saturated heterocycles. The Morgan fingerprint density at radius 3 is 2.69 bits per heavy atom. The van der Waals surface area contributed by atoms with Gasteiger partial charge in [0.05, 0.1) is 12.4 Å². The fraction of sp³-hybridized carbons (Fsp3) is 0.296. The molecule has 5 rings (SSSR count). The van der Waals surface area contributed by atoms with Crippen molar-refractivity contribution in [1.29, 1.82) is 0 Å². The molecule has 1 unspecified atom stereocenters. The van der Waals surface area contributed by atoms with Crippen LogP contribution in [0.4, 0.5) is 0 Å². The third-order valence-corrected chi connectivity index (χ3v) is 7.69. The summed E-state index contributed by atoms with van der Waals surface area (Å²) < 4.78 is 34.5. The first-order chi connectivity index (χ1) is 16.9. The van der Waals surface area contributed by atoms with Crippen molar-refractivity contribution in [3.05, 3.63) is 89.1 Å². The minimum atomic E-state index is -3.57. The number of hydrogen-bond donors (Lipinski definition) is 3. The van der Waals surface area contributed by atoms with E-state index in [4.69, 9.17) is 4.74 Å². The number of aromatic hydroxyl groups is 1. The second-order valence-corrected chi connectivity index (χ2v) is 11.1. The van der Waals surface area contributed by atoms with Crippen LogP contribution in [0.1, 0.15) is 48.2 Å². The average Bonchev–Trinajstić information content (AvgIpc) is 3.57. The number of sulfonamides is 1. The molecular formula is C27H29N3O4S. The number of aromatic amines is 1.